The predicted molar refractivity (Wildman–Crippen MR) is 188 cm³/mol. The number of rotatable bonds is 3. The van der Waals surface area contributed by atoms with Crippen molar-refractivity contribution in [3.63, 3.8) is 0 Å². The Morgan fingerprint density at radius 1 is 1.02 bits per heavy atom. The van der Waals surface area contributed by atoms with Gasteiger partial charge in [-0.25, -0.2) is 17.6 Å². The van der Waals surface area contributed by atoms with Crippen molar-refractivity contribution in [1.29, 1.82) is 0 Å². The van der Waals surface area contributed by atoms with Gasteiger partial charge in [0.2, 0.25) is 0 Å². The zero-order valence-corrected chi connectivity index (χ0v) is 33.3. The molecule has 5 nitrogen and oxygen atoms in total. The molecule has 0 aromatic carbocycles. The van der Waals surface area contributed by atoms with Crippen LogP contribution in [0, 0.1) is 6.92 Å². The van der Waals surface area contributed by atoms with Gasteiger partial charge < -0.3 is 17.0 Å². The molecule has 4 heterocycles. The van der Waals surface area contributed by atoms with Gasteiger partial charge in [-0.15, -0.1) is 12.4 Å². The number of nitrogens with two attached hydrogens (primary N) is 1. The Bertz CT molecular complexity index is 908. The molecule has 2 fully saturated rings. The second kappa shape index (κ2) is 26.0. The van der Waals surface area contributed by atoms with Crippen LogP contribution in [0.3, 0.4) is 0 Å². The molecule has 2 saturated heterocycles. The third-order valence-corrected chi connectivity index (χ3v) is 5.36. The Kier molecular flexibility index (Phi) is 30.1. The number of halogens is 10. The molecule has 2 aromatic rings. The topological polar surface area (TPSA) is 54.9 Å². The van der Waals surface area contributed by atoms with Crippen molar-refractivity contribution >= 4 is 104 Å². The summed E-state index contributed by atoms with van der Waals surface area (Å²) in [5.74, 6) is -4.11. The summed E-state index contributed by atoms with van der Waals surface area (Å²) < 4.78 is 56.4. The first-order valence-corrected chi connectivity index (χ1v) is 26.4. The second-order valence-corrected chi connectivity index (χ2v) is 45.2. The van der Waals surface area contributed by atoms with E-state index in [0.717, 1.165) is 26.7 Å². The molecule has 4 rings (SSSR count). The molecule has 2 aliphatic heterocycles. The molecule has 0 atom stereocenters. The molecule has 0 amide bonds. The molecule has 0 unspecified atom stereocenters. The van der Waals surface area contributed by atoms with E-state index in [9.17, 15) is 17.6 Å². The maximum atomic E-state index is 12.9. The Hall–Kier alpha value is 1.76. The summed E-state index contributed by atoms with van der Waals surface area (Å²) in [4.78, 5) is 9.36. The zero-order chi connectivity index (χ0) is 29.2. The van der Waals surface area contributed by atoms with E-state index in [1.165, 1.54) is 0 Å². The van der Waals surface area contributed by atoms with Crippen molar-refractivity contribution < 1.29 is 32.5 Å². The minimum atomic E-state index is -2.51. The molecule has 16 heteroatoms. The van der Waals surface area contributed by atoms with Crippen LogP contribution in [0.4, 0.5) is 17.6 Å². The Morgan fingerprint density at radius 2 is 1.55 bits per heavy atom. The van der Waals surface area contributed by atoms with Gasteiger partial charge in [0.1, 0.15) is 12.3 Å². The summed E-state index contributed by atoms with van der Waals surface area (Å²) in [7, 11) is 1.61. The van der Waals surface area contributed by atoms with Gasteiger partial charge in [-0.3, -0.25) is 14.9 Å². The number of methoxy groups -OCH3 is 1. The van der Waals surface area contributed by atoms with Crippen molar-refractivity contribution in [2.24, 2.45) is 0 Å². The fraction of sp³-hybridized carbons (Fsp3) is 0.542. The molecule has 40 heavy (non-hydrogen) atoms. The first kappa shape index (κ1) is 46.2. The van der Waals surface area contributed by atoms with Gasteiger partial charge in [-0.05, 0) is 49.6 Å². The molecular weight excluding hydrogens is 1060 g/mol. The van der Waals surface area contributed by atoms with Crippen LogP contribution in [-0.4, -0.2) is 60.0 Å². The molecular formula is C24H37Br2ClF4I3N4OV. The number of hydrogen-bond acceptors (Lipinski definition) is 4. The van der Waals surface area contributed by atoms with Gasteiger partial charge in [0.25, 0.3) is 5.92 Å². The van der Waals surface area contributed by atoms with E-state index in [0.29, 0.717) is 19.6 Å². The summed E-state index contributed by atoms with van der Waals surface area (Å²) in [6.45, 7) is 6.95. The quantitative estimate of drug-likeness (QED) is 0.190. The number of pyridine rings is 2. The standard InChI is InChI=1S/C10H11BrF2N2.C6H6BrNO.C4H7F2N.C3H7.CH4.ClH.3HI.V/c11-9-3-8(4-14-5-9)6-15-2-1-10(12,13)7-15;1-9-6-2-5(7)3-8-4-6;5-4(6)1-2-7-3-4;1-3-2;;;;;;/h3-5H,1-2,6-7H2;2-4H,1H3;7H,1-3H2;1,3H2,2H3;1H4;4*1H;/q;;;-1;;;;;;+3/p-2. The molecule has 234 valence electrons. The zero-order valence-electron chi connectivity index (χ0n) is 21.4. The number of quaternary nitrogens is 1. The Morgan fingerprint density at radius 3 is 1.88 bits per heavy atom. The van der Waals surface area contributed by atoms with Gasteiger partial charge in [-0.1, -0.05) is 14.4 Å². The van der Waals surface area contributed by atoms with E-state index >= 15 is 0 Å². The summed E-state index contributed by atoms with van der Waals surface area (Å²) in [5, 5.41) is 1.64. The first-order chi connectivity index (χ1) is 17.7. The molecule has 2 aromatic heterocycles. The van der Waals surface area contributed by atoms with Gasteiger partial charge in [0.15, 0.2) is 0 Å². The third-order valence-electron chi connectivity index (χ3n) is 4.49. The fourth-order valence-corrected chi connectivity index (χ4v) is 3.73. The van der Waals surface area contributed by atoms with E-state index in [1.54, 1.807) is 42.1 Å². The number of alkyl halides is 4. The van der Waals surface area contributed by atoms with Crippen LogP contribution in [0.5, 0.6) is 5.75 Å². The van der Waals surface area contributed by atoms with Gasteiger partial charge in [0.05, 0.1) is 32.8 Å². The summed E-state index contributed by atoms with van der Waals surface area (Å²) in [5.41, 5.74) is 0.960. The Balaban J connectivity index is -0.000000474. The summed E-state index contributed by atoms with van der Waals surface area (Å²) in [6, 6.07) is 3.76. The number of nitrogens with zero attached hydrogens (tertiary/aromatic N) is 3. The van der Waals surface area contributed by atoms with E-state index in [-0.39, 0.29) is 50.7 Å². The van der Waals surface area contributed by atoms with E-state index < -0.39 is 11.8 Å². The van der Waals surface area contributed by atoms with Crippen molar-refractivity contribution in [2.75, 3.05) is 33.3 Å². The van der Waals surface area contributed by atoms with Crippen molar-refractivity contribution in [1.82, 2.24) is 14.9 Å². The number of ether oxygens (including phenoxy) is 1. The predicted octanol–water partition coefficient (Wildman–Crippen LogP) is 9.07. The summed E-state index contributed by atoms with van der Waals surface area (Å²) >= 11 is 14.0. The number of hydrogen-bond donors (Lipinski definition) is 1. The molecule has 0 spiro atoms. The molecule has 0 aliphatic carbocycles. The van der Waals surface area contributed by atoms with Crippen LogP contribution in [0.1, 0.15) is 39.2 Å². The van der Waals surface area contributed by atoms with E-state index in [1.807, 2.05) is 19.1 Å². The maximum absolute atomic E-state index is 12.9. The molecule has 2 aliphatic rings. The monoisotopic (exact) mass is 1100 g/mol. The van der Waals surface area contributed by atoms with Crippen LogP contribution in [0.15, 0.2) is 45.9 Å². The van der Waals surface area contributed by atoms with Gasteiger partial charge >= 0.3 is 70.8 Å². The van der Waals surface area contributed by atoms with E-state index in [2.05, 4.69) is 109 Å². The Labute approximate surface area is 297 Å². The second-order valence-electron chi connectivity index (χ2n) is 7.95. The molecule has 0 radical (unpaired) electrons. The SMILES string of the molecule is C.COc1cncc(Br)c1.Cl.FC1(F)CCN(Cc2cncc(Br)c2)C1.FC1(F)CC[NH2+]C1.[CH2-]CC.[I][V]([I])[I]. The first-order valence-electron chi connectivity index (χ1n) is 11.3. The summed E-state index contributed by atoms with van der Waals surface area (Å²) in [6.07, 6.45) is 7.79. The van der Waals surface area contributed by atoms with Gasteiger partial charge in [-0.2, -0.15) is 6.42 Å². The number of aromatic nitrogens is 2. The van der Waals surface area contributed by atoms with Crippen molar-refractivity contribution in [2.45, 2.75) is 52.0 Å². The minimum absolute atomic E-state index is 0. The van der Waals surface area contributed by atoms with Gasteiger partial charge in [0, 0.05) is 47.0 Å². The van der Waals surface area contributed by atoms with Crippen LogP contribution < -0.4 is 10.1 Å². The van der Waals surface area contributed by atoms with Crippen LogP contribution in [-0.2, 0) is 11.5 Å². The normalized spacial score (nSPS) is 16.1. The average molecular weight is 1100 g/mol. The third kappa shape index (κ3) is 26.2. The van der Waals surface area contributed by atoms with E-state index in [4.69, 9.17) is 4.74 Å². The number of likely N-dealkylation sites (tertiary alicyclic amines) is 1. The van der Waals surface area contributed by atoms with Crippen molar-refractivity contribution in [3.8, 4) is 5.75 Å². The van der Waals surface area contributed by atoms with Crippen LogP contribution in [0.2, 0.25) is 0 Å². The van der Waals surface area contributed by atoms with Crippen LogP contribution >= 0.6 is 104 Å². The van der Waals surface area contributed by atoms with Crippen molar-refractivity contribution in [3.05, 3.63) is 58.4 Å². The molecule has 2 N–H and O–H groups in total. The van der Waals surface area contributed by atoms with Crippen LogP contribution in [0.25, 0.3) is 0 Å². The fourth-order valence-electron chi connectivity index (χ4n) is 2.97. The average Bonchev–Trinajstić information content (AvgIpc) is 3.38. The molecule has 0 bridgehead atoms. The molecule has 0 saturated carbocycles.